The van der Waals surface area contributed by atoms with Crippen molar-refractivity contribution in [2.75, 3.05) is 26.7 Å². The second kappa shape index (κ2) is 8.72. The topological polar surface area (TPSA) is 58.6 Å². The van der Waals surface area contributed by atoms with Gasteiger partial charge in [0.1, 0.15) is 5.75 Å². The van der Waals surface area contributed by atoms with E-state index in [2.05, 4.69) is 21.2 Å². The van der Waals surface area contributed by atoms with Gasteiger partial charge in [0, 0.05) is 42.2 Å². The standard InChI is InChI=1S/C17H21BrN2O3/c1-23-15-6-5-14(18)12-13(15)4-7-16(21)19-9-8-17(22)20-10-2-3-11-20/h4-7,12H,2-3,8-11H2,1H3,(H,19,21)/b7-4+. The van der Waals surface area contributed by atoms with E-state index in [9.17, 15) is 9.59 Å². The van der Waals surface area contributed by atoms with Crippen LogP contribution in [0.5, 0.6) is 5.75 Å². The number of carbonyl (C=O) groups excluding carboxylic acids is 2. The number of hydrogen-bond acceptors (Lipinski definition) is 3. The average molecular weight is 381 g/mol. The first-order valence-electron chi connectivity index (χ1n) is 7.67. The molecule has 1 aliphatic rings. The third-order valence-corrected chi connectivity index (χ3v) is 4.20. The van der Waals surface area contributed by atoms with E-state index < -0.39 is 0 Å². The van der Waals surface area contributed by atoms with E-state index in [1.165, 1.54) is 6.08 Å². The highest BCUT2D eigenvalue weighted by molar-refractivity contribution is 9.10. The number of halogens is 1. The molecular formula is C17H21BrN2O3. The molecule has 0 aromatic heterocycles. The van der Waals surface area contributed by atoms with Gasteiger partial charge in [0.2, 0.25) is 11.8 Å². The van der Waals surface area contributed by atoms with Crippen molar-refractivity contribution in [2.24, 2.45) is 0 Å². The summed E-state index contributed by atoms with van der Waals surface area (Å²) in [6.07, 6.45) is 5.65. The van der Waals surface area contributed by atoms with E-state index in [0.717, 1.165) is 36.0 Å². The van der Waals surface area contributed by atoms with E-state index in [1.54, 1.807) is 13.2 Å². The highest BCUT2D eigenvalue weighted by Crippen LogP contribution is 2.23. The lowest BCUT2D eigenvalue weighted by atomic mass is 10.2. The van der Waals surface area contributed by atoms with Gasteiger partial charge in [0.25, 0.3) is 0 Å². The van der Waals surface area contributed by atoms with Crippen molar-refractivity contribution in [3.05, 3.63) is 34.3 Å². The smallest absolute Gasteiger partial charge is 0.244 e. The highest BCUT2D eigenvalue weighted by atomic mass is 79.9. The van der Waals surface area contributed by atoms with Gasteiger partial charge in [0.15, 0.2) is 0 Å². The van der Waals surface area contributed by atoms with Gasteiger partial charge in [-0.15, -0.1) is 0 Å². The van der Waals surface area contributed by atoms with Gasteiger partial charge in [-0.1, -0.05) is 15.9 Å². The number of hydrogen-bond donors (Lipinski definition) is 1. The summed E-state index contributed by atoms with van der Waals surface area (Å²) in [6, 6.07) is 5.58. The molecule has 1 aliphatic heterocycles. The molecule has 0 saturated carbocycles. The van der Waals surface area contributed by atoms with Crippen molar-refractivity contribution < 1.29 is 14.3 Å². The third-order valence-electron chi connectivity index (χ3n) is 3.70. The molecule has 0 radical (unpaired) electrons. The summed E-state index contributed by atoms with van der Waals surface area (Å²) in [5, 5.41) is 2.73. The molecule has 0 unspecified atom stereocenters. The Bertz CT molecular complexity index is 596. The Kier molecular flexibility index (Phi) is 6.65. The molecule has 0 aliphatic carbocycles. The number of nitrogens with zero attached hydrogens (tertiary/aromatic N) is 1. The van der Waals surface area contributed by atoms with Crippen molar-refractivity contribution in [1.82, 2.24) is 10.2 Å². The molecule has 23 heavy (non-hydrogen) atoms. The molecule has 6 heteroatoms. The van der Waals surface area contributed by atoms with Gasteiger partial charge in [-0.05, 0) is 37.1 Å². The van der Waals surface area contributed by atoms with Crippen LogP contribution in [0, 0.1) is 0 Å². The number of amides is 2. The summed E-state index contributed by atoms with van der Waals surface area (Å²) in [5.41, 5.74) is 0.810. The maximum absolute atomic E-state index is 11.9. The Morgan fingerprint density at radius 3 is 2.78 bits per heavy atom. The number of methoxy groups -OCH3 is 1. The number of benzene rings is 1. The first kappa shape index (κ1) is 17.5. The van der Waals surface area contributed by atoms with Crippen LogP contribution in [0.4, 0.5) is 0 Å². The lowest BCUT2D eigenvalue weighted by molar-refractivity contribution is -0.130. The number of likely N-dealkylation sites (tertiary alicyclic amines) is 1. The fourth-order valence-corrected chi connectivity index (χ4v) is 2.86. The minimum absolute atomic E-state index is 0.112. The van der Waals surface area contributed by atoms with E-state index in [4.69, 9.17) is 4.74 Å². The summed E-state index contributed by atoms with van der Waals surface area (Å²) in [7, 11) is 1.59. The Balaban J connectivity index is 1.80. The molecule has 5 nitrogen and oxygen atoms in total. The van der Waals surface area contributed by atoms with Gasteiger partial charge in [-0.25, -0.2) is 0 Å². The molecule has 1 aromatic rings. The molecule has 1 aromatic carbocycles. The fraction of sp³-hybridized carbons (Fsp3) is 0.412. The van der Waals surface area contributed by atoms with E-state index in [1.807, 2.05) is 23.1 Å². The van der Waals surface area contributed by atoms with Crippen molar-refractivity contribution in [2.45, 2.75) is 19.3 Å². The number of carbonyl (C=O) groups is 2. The number of nitrogens with one attached hydrogen (secondary N) is 1. The molecule has 1 N–H and O–H groups in total. The van der Waals surface area contributed by atoms with Gasteiger partial charge in [-0.2, -0.15) is 0 Å². The van der Waals surface area contributed by atoms with Gasteiger partial charge >= 0.3 is 0 Å². The van der Waals surface area contributed by atoms with Crippen molar-refractivity contribution in [1.29, 1.82) is 0 Å². The lowest BCUT2D eigenvalue weighted by Gasteiger charge is -2.14. The van der Waals surface area contributed by atoms with Crippen LogP contribution in [-0.4, -0.2) is 43.5 Å². The van der Waals surface area contributed by atoms with Gasteiger partial charge < -0.3 is 15.0 Å². The Labute approximate surface area is 144 Å². The Morgan fingerprint density at radius 2 is 2.09 bits per heavy atom. The van der Waals surface area contributed by atoms with Crippen molar-refractivity contribution in [3.63, 3.8) is 0 Å². The summed E-state index contributed by atoms with van der Waals surface area (Å²) in [5.74, 6) is 0.586. The van der Waals surface area contributed by atoms with E-state index >= 15 is 0 Å². The maximum atomic E-state index is 11.9. The Hall–Kier alpha value is -1.82. The second-order valence-electron chi connectivity index (χ2n) is 5.35. The quantitative estimate of drug-likeness (QED) is 0.771. The molecule has 2 rings (SSSR count). The number of rotatable bonds is 6. The zero-order chi connectivity index (χ0) is 16.7. The van der Waals surface area contributed by atoms with Crippen LogP contribution in [0.1, 0.15) is 24.8 Å². The largest absolute Gasteiger partial charge is 0.496 e. The van der Waals surface area contributed by atoms with Crippen LogP contribution < -0.4 is 10.1 Å². The summed E-state index contributed by atoms with van der Waals surface area (Å²) in [4.78, 5) is 25.5. The normalized spacial score (nSPS) is 14.3. The second-order valence-corrected chi connectivity index (χ2v) is 6.26. The predicted octanol–water partition coefficient (Wildman–Crippen LogP) is 2.60. The molecule has 1 fully saturated rings. The molecule has 2 amide bonds. The fourth-order valence-electron chi connectivity index (χ4n) is 2.48. The van der Waals surface area contributed by atoms with Gasteiger partial charge in [0.05, 0.1) is 7.11 Å². The predicted molar refractivity (Wildman–Crippen MR) is 93.2 cm³/mol. The van der Waals surface area contributed by atoms with Crippen LogP contribution in [0.2, 0.25) is 0 Å². The molecule has 1 saturated heterocycles. The molecule has 0 bridgehead atoms. The van der Waals surface area contributed by atoms with Crippen LogP contribution >= 0.6 is 15.9 Å². The molecule has 1 heterocycles. The number of ether oxygens (including phenoxy) is 1. The summed E-state index contributed by atoms with van der Waals surface area (Å²) >= 11 is 3.39. The van der Waals surface area contributed by atoms with Crippen LogP contribution in [-0.2, 0) is 9.59 Å². The maximum Gasteiger partial charge on any atom is 0.244 e. The first-order chi connectivity index (χ1) is 11.1. The van der Waals surface area contributed by atoms with Crippen LogP contribution in [0.3, 0.4) is 0 Å². The summed E-state index contributed by atoms with van der Waals surface area (Å²) < 4.78 is 6.16. The summed E-state index contributed by atoms with van der Waals surface area (Å²) in [6.45, 7) is 2.04. The monoisotopic (exact) mass is 380 g/mol. The van der Waals surface area contributed by atoms with Crippen LogP contribution in [0.15, 0.2) is 28.7 Å². The van der Waals surface area contributed by atoms with Crippen molar-refractivity contribution >= 4 is 33.8 Å². The molecule has 124 valence electrons. The van der Waals surface area contributed by atoms with E-state index in [-0.39, 0.29) is 11.8 Å². The first-order valence-corrected chi connectivity index (χ1v) is 8.46. The van der Waals surface area contributed by atoms with Gasteiger partial charge in [-0.3, -0.25) is 9.59 Å². The zero-order valence-electron chi connectivity index (χ0n) is 13.2. The lowest BCUT2D eigenvalue weighted by Crippen LogP contribution is -2.32. The minimum Gasteiger partial charge on any atom is -0.496 e. The van der Waals surface area contributed by atoms with E-state index in [0.29, 0.717) is 18.7 Å². The SMILES string of the molecule is COc1ccc(Br)cc1/C=C/C(=O)NCCC(=O)N1CCCC1. The molecule has 0 atom stereocenters. The zero-order valence-corrected chi connectivity index (χ0v) is 14.8. The third kappa shape index (κ3) is 5.39. The van der Waals surface area contributed by atoms with Crippen molar-refractivity contribution in [3.8, 4) is 5.75 Å². The molecule has 0 spiro atoms. The Morgan fingerprint density at radius 1 is 1.35 bits per heavy atom. The minimum atomic E-state index is -0.221. The highest BCUT2D eigenvalue weighted by Gasteiger charge is 2.17. The van der Waals surface area contributed by atoms with Crippen LogP contribution in [0.25, 0.3) is 6.08 Å². The average Bonchev–Trinajstić information content (AvgIpc) is 3.07. The molecular weight excluding hydrogens is 360 g/mol.